The number of carbonyl (C=O) groups is 1. The van der Waals surface area contributed by atoms with Gasteiger partial charge in [-0.3, -0.25) is 4.79 Å². The van der Waals surface area contributed by atoms with E-state index >= 15 is 0 Å². The van der Waals surface area contributed by atoms with Gasteiger partial charge in [-0.1, -0.05) is 12.1 Å². The Morgan fingerprint density at radius 3 is 2.89 bits per heavy atom. The molecule has 1 unspecified atom stereocenters. The number of rotatable bonds is 4. The number of amides is 1. The molecule has 0 aromatic carbocycles. The van der Waals surface area contributed by atoms with Crippen molar-refractivity contribution in [1.82, 2.24) is 30.2 Å². The Morgan fingerprint density at radius 2 is 2.15 bits per heavy atom. The molecule has 0 saturated carbocycles. The summed E-state index contributed by atoms with van der Waals surface area (Å²) in [6.45, 7) is 7.62. The van der Waals surface area contributed by atoms with Crippen LogP contribution in [0.5, 0.6) is 0 Å². The van der Waals surface area contributed by atoms with E-state index in [-0.39, 0.29) is 5.91 Å². The van der Waals surface area contributed by atoms with Gasteiger partial charge in [0.25, 0.3) is 5.91 Å². The van der Waals surface area contributed by atoms with E-state index in [0.717, 1.165) is 69.7 Å². The van der Waals surface area contributed by atoms with E-state index in [1.165, 1.54) is 5.01 Å². The number of hydrogen-bond acceptors (Lipinski definition) is 6. The third-order valence-corrected chi connectivity index (χ3v) is 6.83. The summed E-state index contributed by atoms with van der Waals surface area (Å²) >= 11 is 1.73. The first kappa shape index (κ1) is 18.6. The molecule has 1 amide bonds. The molecule has 0 bridgehead atoms. The van der Waals surface area contributed by atoms with Crippen LogP contribution in [-0.4, -0.2) is 57.0 Å². The standard InChI is InChI=1S/C19H28N6OS/c1-3-15-12-27-18(21-15)14-5-4-10-24(11-14)19(26)17-13(2)25(23-22-17)16-6-8-20-9-7-16/h12,14,16,20H,3-11H2,1-2H3. The summed E-state index contributed by atoms with van der Waals surface area (Å²) in [4.78, 5) is 19.8. The summed E-state index contributed by atoms with van der Waals surface area (Å²) < 4.78 is 1.96. The molecule has 2 aliphatic rings. The average molecular weight is 389 g/mol. The molecule has 2 aromatic rings. The van der Waals surface area contributed by atoms with Gasteiger partial charge in [0.05, 0.1) is 22.4 Å². The van der Waals surface area contributed by atoms with E-state index in [1.807, 2.05) is 16.5 Å². The van der Waals surface area contributed by atoms with Crippen LogP contribution in [0.3, 0.4) is 0 Å². The number of carbonyl (C=O) groups excluding carboxylic acids is 1. The maximum Gasteiger partial charge on any atom is 0.276 e. The fourth-order valence-electron chi connectivity index (χ4n) is 4.12. The first-order valence-corrected chi connectivity index (χ1v) is 10.9. The highest BCUT2D eigenvalue weighted by atomic mass is 32.1. The van der Waals surface area contributed by atoms with Crippen molar-refractivity contribution in [3.63, 3.8) is 0 Å². The number of piperidine rings is 2. The van der Waals surface area contributed by atoms with Crippen LogP contribution in [0.15, 0.2) is 5.38 Å². The predicted molar refractivity (Wildman–Crippen MR) is 105 cm³/mol. The van der Waals surface area contributed by atoms with E-state index < -0.39 is 0 Å². The summed E-state index contributed by atoms with van der Waals surface area (Å²) in [6, 6.07) is 0.345. The Bertz CT molecular complexity index is 794. The van der Waals surface area contributed by atoms with Crippen molar-refractivity contribution in [1.29, 1.82) is 0 Å². The van der Waals surface area contributed by atoms with Gasteiger partial charge >= 0.3 is 0 Å². The highest BCUT2D eigenvalue weighted by molar-refractivity contribution is 7.09. The lowest BCUT2D eigenvalue weighted by Crippen LogP contribution is -2.39. The van der Waals surface area contributed by atoms with E-state index in [2.05, 4.69) is 27.9 Å². The first-order valence-electron chi connectivity index (χ1n) is 10.0. The molecule has 2 aliphatic heterocycles. The Balaban J connectivity index is 1.48. The van der Waals surface area contributed by atoms with Crippen LogP contribution in [0.2, 0.25) is 0 Å². The van der Waals surface area contributed by atoms with Crippen molar-refractivity contribution in [2.24, 2.45) is 0 Å². The van der Waals surface area contributed by atoms with E-state index in [0.29, 0.717) is 17.7 Å². The van der Waals surface area contributed by atoms with Gasteiger partial charge in [-0.25, -0.2) is 9.67 Å². The molecule has 4 rings (SSSR count). The summed E-state index contributed by atoms with van der Waals surface area (Å²) in [7, 11) is 0. The minimum atomic E-state index is 0.0182. The average Bonchev–Trinajstić information content (AvgIpc) is 3.35. The van der Waals surface area contributed by atoms with Gasteiger partial charge in [-0.2, -0.15) is 0 Å². The Hall–Kier alpha value is -1.80. The summed E-state index contributed by atoms with van der Waals surface area (Å²) in [5.41, 5.74) is 2.57. The summed E-state index contributed by atoms with van der Waals surface area (Å²) in [5, 5.41) is 15.3. The van der Waals surface area contributed by atoms with Crippen LogP contribution in [0.25, 0.3) is 0 Å². The van der Waals surface area contributed by atoms with Gasteiger partial charge in [0.2, 0.25) is 0 Å². The quantitative estimate of drug-likeness (QED) is 0.871. The summed E-state index contributed by atoms with van der Waals surface area (Å²) in [5.74, 6) is 0.359. The number of hydrogen-bond donors (Lipinski definition) is 1. The van der Waals surface area contributed by atoms with Crippen LogP contribution in [0.1, 0.15) is 71.5 Å². The van der Waals surface area contributed by atoms with Crippen LogP contribution < -0.4 is 5.32 Å². The molecular formula is C19H28N6OS. The monoisotopic (exact) mass is 388 g/mol. The Kier molecular flexibility index (Phi) is 5.54. The molecule has 1 N–H and O–H groups in total. The van der Waals surface area contributed by atoms with Crippen molar-refractivity contribution in [3.8, 4) is 0 Å². The molecule has 1 atom stereocenters. The molecule has 2 saturated heterocycles. The minimum Gasteiger partial charge on any atom is -0.336 e. The third kappa shape index (κ3) is 3.78. The number of nitrogens with zero attached hydrogens (tertiary/aromatic N) is 5. The fraction of sp³-hybridized carbons (Fsp3) is 0.684. The normalized spacial score (nSPS) is 21.6. The Labute approximate surface area is 164 Å². The zero-order chi connectivity index (χ0) is 18.8. The van der Waals surface area contributed by atoms with Crippen molar-refractivity contribution in [2.75, 3.05) is 26.2 Å². The zero-order valence-corrected chi connectivity index (χ0v) is 17.0. The Morgan fingerprint density at radius 1 is 1.33 bits per heavy atom. The smallest absolute Gasteiger partial charge is 0.276 e. The topological polar surface area (TPSA) is 75.9 Å². The van der Waals surface area contributed by atoms with Crippen molar-refractivity contribution >= 4 is 17.2 Å². The van der Waals surface area contributed by atoms with Gasteiger partial charge in [0.1, 0.15) is 0 Å². The minimum absolute atomic E-state index is 0.0182. The van der Waals surface area contributed by atoms with Gasteiger partial charge in [-0.15, -0.1) is 16.4 Å². The zero-order valence-electron chi connectivity index (χ0n) is 16.1. The molecular weight excluding hydrogens is 360 g/mol. The second-order valence-corrected chi connectivity index (χ2v) is 8.46. The molecule has 8 heteroatoms. The number of likely N-dealkylation sites (tertiary alicyclic amines) is 1. The van der Waals surface area contributed by atoms with E-state index in [9.17, 15) is 4.79 Å². The maximum atomic E-state index is 13.1. The van der Waals surface area contributed by atoms with Crippen molar-refractivity contribution < 1.29 is 4.79 Å². The number of nitrogens with one attached hydrogen (secondary N) is 1. The second-order valence-electron chi connectivity index (χ2n) is 7.57. The van der Waals surface area contributed by atoms with Crippen molar-refractivity contribution in [3.05, 3.63) is 27.5 Å². The number of aromatic nitrogens is 4. The highest BCUT2D eigenvalue weighted by Crippen LogP contribution is 2.30. The fourth-order valence-corrected chi connectivity index (χ4v) is 5.15. The SMILES string of the molecule is CCc1csc(C2CCCN(C(=O)c3nnn(C4CCNCC4)c3C)C2)n1. The molecule has 2 fully saturated rings. The van der Waals surface area contributed by atoms with Crippen LogP contribution in [0, 0.1) is 6.92 Å². The largest absolute Gasteiger partial charge is 0.336 e. The van der Waals surface area contributed by atoms with Crippen LogP contribution in [-0.2, 0) is 6.42 Å². The molecule has 27 heavy (non-hydrogen) atoms. The van der Waals surface area contributed by atoms with Gasteiger partial charge in [-0.05, 0) is 52.1 Å². The lowest BCUT2D eigenvalue weighted by atomic mass is 9.98. The second kappa shape index (κ2) is 8.06. The van der Waals surface area contributed by atoms with Crippen LogP contribution in [0.4, 0.5) is 0 Å². The molecule has 7 nitrogen and oxygen atoms in total. The lowest BCUT2D eigenvalue weighted by molar-refractivity contribution is 0.0700. The van der Waals surface area contributed by atoms with Gasteiger partial charge < -0.3 is 10.2 Å². The summed E-state index contributed by atoms with van der Waals surface area (Å²) in [6.07, 6.45) is 5.14. The molecule has 0 radical (unpaired) electrons. The maximum absolute atomic E-state index is 13.1. The molecule has 4 heterocycles. The first-order chi connectivity index (χ1) is 13.2. The predicted octanol–water partition coefficient (Wildman–Crippen LogP) is 2.55. The van der Waals surface area contributed by atoms with Crippen molar-refractivity contribution in [2.45, 2.75) is 57.9 Å². The van der Waals surface area contributed by atoms with E-state index in [4.69, 9.17) is 4.98 Å². The van der Waals surface area contributed by atoms with Gasteiger partial charge in [0, 0.05) is 24.4 Å². The molecule has 0 aliphatic carbocycles. The van der Waals surface area contributed by atoms with Crippen LogP contribution >= 0.6 is 11.3 Å². The van der Waals surface area contributed by atoms with E-state index in [1.54, 1.807) is 11.3 Å². The van der Waals surface area contributed by atoms with Gasteiger partial charge in [0.15, 0.2) is 5.69 Å². The third-order valence-electron chi connectivity index (χ3n) is 5.77. The molecule has 2 aromatic heterocycles. The highest BCUT2D eigenvalue weighted by Gasteiger charge is 2.30. The number of thiazole rings is 1. The molecule has 0 spiro atoms. The molecule has 146 valence electrons. The number of aryl methyl sites for hydroxylation is 1. The lowest BCUT2D eigenvalue weighted by Gasteiger charge is -2.31.